The van der Waals surface area contributed by atoms with E-state index in [1.807, 2.05) is 18.2 Å². The maximum Gasteiger partial charge on any atom is 0.310 e. The van der Waals surface area contributed by atoms with Gasteiger partial charge in [-0.1, -0.05) is 17.7 Å². The van der Waals surface area contributed by atoms with E-state index in [1.165, 1.54) is 0 Å². The van der Waals surface area contributed by atoms with Gasteiger partial charge in [-0.05, 0) is 24.3 Å². The third-order valence-corrected chi connectivity index (χ3v) is 4.60. The van der Waals surface area contributed by atoms with Crippen LogP contribution in [0.15, 0.2) is 42.5 Å². The summed E-state index contributed by atoms with van der Waals surface area (Å²) in [6, 6.07) is 12.6. The lowest BCUT2D eigenvalue weighted by molar-refractivity contribution is -0.144. The molecule has 2 aromatic carbocycles. The number of fused-ring (bicyclic) bond motifs is 1. The van der Waals surface area contributed by atoms with Crippen LogP contribution in [0.1, 0.15) is 11.1 Å². The summed E-state index contributed by atoms with van der Waals surface area (Å²) in [4.78, 5) is 16.6. The number of carbonyl (C=O) groups is 1. The number of ether oxygens (including phenoxy) is 4. The van der Waals surface area contributed by atoms with E-state index in [0.29, 0.717) is 33.9 Å². The minimum atomic E-state index is -0.394. The van der Waals surface area contributed by atoms with Gasteiger partial charge in [0.1, 0.15) is 29.0 Å². The maximum absolute atomic E-state index is 12.3. The number of pyridine rings is 1. The number of hydrogen-bond donors (Lipinski definition) is 0. The van der Waals surface area contributed by atoms with Crippen LogP contribution in [0.4, 0.5) is 0 Å². The molecule has 3 aromatic rings. The number of halogens is 1. The molecule has 3 rings (SSSR count). The molecule has 0 aliphatic rings. The van der Waals surface area contributed by atoms with Crippen molar-refractivity contribution in [2.45, 2.75) is 13.0 Å². The summed E-state index contributed by atoms with van der Waals surface area (Å²) < 4.78 is 21.0. The second kappa shape index (κ2) is 8.80. The molecule has 0 atom stereocenters. The van der Waals surface area contributed by atoms with Crippen molar-refractivity contribution in [2.75, 3.05) is 21.3 Å². The van der Waals surface area contributed by atoms with Crippen LogP contribution in [0.3, 0.4) is 0 Å². The second-order valence-corrected chi connectivity index (χ2v) is 6.37. The van der Waals surface area contributed by atoms with Crippen molar-refractivity contribution in [3.05, 3.63) is 58.7 Å². The molecule has 0 fully saturated rings. The van der Waals surface area contributed by atoms with E-state index in [9.17, 15) is 4.79 Å². The Kier molecular flexibility index (Phi) is 6.21. The Morgan fingerprint density at radius 1 is 0.929 bits per heavy atom. The van der Waals surface area contributed by atoms with Gasteiger partial charge >= 0.3 is 5.97 Å². The summed E-state index contributed by atoms with van der Waals surface area (Å²) in [5.74, 6) is 1.52. The molecule has 7 heteroatoms. The average Bonchev–Trinajstić information content (AvgIpc) is 2.72. The Morgan fingerprint density at radius 2 is 1.64 bits per heavy atom. The molecule has 0 saturated heterocycles. The first kappa shape index (κ1) is 19.8. The van der Waals surface area contributed by atoms with Crippen molar-refractivity contribution in [1.29, 1.82) is 0 Å². The minimum Gasteiger partial charge on any atom is -0.497 e. The molecule has 1 aromatic heterocycles. The lowest BCUT2D eigenvalue weighted by Gasteiger charge is -2.11. The molecule has 146 valence electrons. The van der Waals surface area contributed by atoms with Crippen molar-refractivity contribution in [1.82, 2.24) is 4.98 Å². The fourth-order valence-electron chi connectivity index (χ4n) is 2.76. The number of nitrogens with zero attached hydrogens (tertiary/aromatic N) is 1. The molecule has 0 N–H and O–H groups in total. The van der Waals surface area contributed by atoms with Gasteiger partial charge < -0.3 is 18.9 Å². The van der Waals surface area contributed by atoms with Gasteiger partial charge in [-0.25, -0.2) is 4.98 Å². The lowest BCUT2D eigenvalue weighted by atomic mass is 10.1. The van der Waals surface area contributed by atoms with Gasteiger partial charge in [0.15, 0.2) is 0 Å². The molecule has 1 heterocycles. The Bertz CT molecular complexity index is 1010. The van der Waals surface area contributed by atoms with Crippen LogP contribution < -0.4 is 14.2 Å². The number of esters is 1. The second-order valence-electron chi connectivity index (χ2n) is 6.01. The summed E-state index contributed by atoms with van der Waals surface area (Å²) >= 11 is 6.25. The number of aromatic nitrogens is 1. The van der Waals surface area contributed by atoms with Gasteiger partial charge in [0, 0.05) is 28.6 Å². The van der Waals surface area contributed by atoms with E-state index in [1.54, 1.807) is 45.6 Å². The summed E-state index contributed by atoms with van der Waals surface area (Å²) in [7, 11) is 4.70. The minimum absolute atomic E-state index is 0.0328. The normalized spacial score (nSPS) is 10.6. The highest BCUT2D eigenvalue weighted by molar-refractivity contribution is 6.30. The van der Waals surface area contributed by atoms with E-state index in [-0.39, 0.29) is 18.2 Å². The third kappa shape index (κ3) is 4.46. The van der Waals surface area contributed by atoms with E-state index < -0.39 is 5.97 Å². The highest BCUT2D eigenvalue weighted by Gasteiger charge is 2.13. The highest BCUT2D eigenvalue weighted by Crippen LogP contribution is 2.26. The van der Waals surface area contributed by atoms with Crippen LogP contribution >= 0.6 is 11.6 Å². The van der Waals surface area contributed by atoms with Crippen LogP contribution in [0.2, 0.25) is 5.15 Å². The van der Waals surface area contributed by atoms with E-state index in [0.717, 1.165) is 5.39 Å². The zero-order valence-corrected chi connectivity index (χ0v) is 16.6. The molecule has 0 unspecified atom stereocenters. The smallest absolute Gasteiger partial charge is 0.310 e. The van der Waals surface area contributed by atoms with Gasteiger partial charge in [0.2, 0.25) is 0 Å². The lowest BCUT2D eigenvalue weighted by Crippen LogP contribution is -2.09. The van der Waals surface area contributed by atoms with Crippen molar-refractivity contribution in [2.24, 2.45) is 0 Å². The first-order valence-corrected chi connectivity index (χ1v) is 8.91. The fourth-order valence-corrected chi connectivity index (χ4v) is 2.96. The predicted molar refractivity (Wildman–Crippen MR) is 106 cm³/mol. The first-order chi connectivity index (χ1) is 13.5. The number of hydrogen-bond acceptors (Lipinski definition) is 6. The SMILES string of the molecule is COc1ccc(CC(=O)OCc2cc3ccc(OC)cc3nc2Cl)c(OC)c1. The van der Waals surface area contributed by atoms with Crippen LogP contribution in [0.25, 0.3) is 10.9 Å². The van der Waals surface area contributed by atoms with E-state index in [4.69, 9.17) is 30.5 Å². The van der Waals surface area contributed by atoms with Crippen molar-refractivity contribution in [3.63, 3.8) is 0 Å². The van der Waals surface area contributed by atoms with Crippen LogP contribution in [0, 0.1) is 0 Å². The zero-order chi connectivity index (χ0) is 20.1. The molecule has 0 aliphatic heterocycles. The van der Waals surface area contributed by atoms with E-state index >= 15 is 0 Å². The molecule has 0 radical (unpaired) electrons. The van der Waals surface area contributed by atoms with Crippen molar-refractivity contribution in [3.8, 4) is 17.2 Å². The first-order valence-electron chi connectivity index (χ1n) is 8.53. The Hall–Kier alpha value is -2.99. The zero-order valence-electron chi connectivity index (χ0n) is 15.8. The van der Waals surface area contributed by atoms with Gasteiger partial charge in [0.25, 0.3) is 0 Å². The molecule has 0 spiro atoms. The fraction of sp³-hybridized carbons (Fsp3) is 0.238. The van der Waals surface area contributed by atoms with Crippen LogP contribution in [0.5, 0.6) is 17.2 Å². The molecular formula is C21H20ClNO5. The molecule has 0 bridgehead atoms. The standard InChI is InChI=1S/C21H20ClNO5/c1-25-16-6-4-13-8-15(21(22)23-18(13)10-16)12-28-20(24)9-14-5-7-17(26-2)11-19(14)27-3/h4-8,10-11H,9,12H2,1-3H3. The number of carbonyl (C=O) groups excluding carboxylic acids is 1. The monoisotopic (exact) mass is 401 g/mol. The Labute approximate surface area is 167 Å². The van der Waals surface area contributed by atoms with Crippen molar-refractivity contribution >= 4 is 28.5 Å². The van der Waals surface area contributed by atoms with Crippen molar-refractivity contribution < 1.29 is 23.7 Å². The summed E-state index contributed by atoms with van der Waals surface area (Å²) in [6.45, 7) is 0.0328. The van der Waals surface area contributed by atoms with Gasteiger partial charge in [-0.2, -0.15) is 0 Å². The quantitative estimate of drug-likeness (QED) is 0.436. The molecule has 0 saturated carbocycles. The average molecular weight is 402 g/mol. The summed E-state index contributed by atoms with van der Waals surface area (Å²) in [6.07, 6.45) is 0.0724. The van der Waals surface area contributed by atoms with Crippen LogP contribution in [-0.2, 0) is 22.6 Å². The van der Waals surface area contributed by atoms with E-state index in [2.05, 4.69) is 4.98 Å². The maximum atomic E-state index is 12.3. The van der Waals surface area contributed by atoms with Gasteiger partial charge in [0.05, 0.1) is 33.3 Å². The number of rotatable bonds is 7. The molecule has 28 heavy (non-hydrogen) atoms. The number of benzene rings is 2. The molecule has 6 nitrogen and oxygen atoms in total. The predicted octanol–water partition coefficient (Wildman–Crippen LogP) is 4.20. The molecule has 0 amide bonds. The Balaban J connectivity index is 1.70. The molecule has 0 aliphatic carbocycles. The third-order valence-electron chi connectivity index (χ3n) is 4.27. The molecular weight excluding hydrogens is 382 g/mol. The topological polar surface area (TPSA) is 66.9 Å². The largest absolute Gasteiger partial charge is 0.497 e. The summed E-state index contributed by atoms with van der Waals surface area (Å²) in [5, 5.41) is 1.17. The number of methoxy groups -OCH3 is 3. The Morgan fingerprint density at radius 3 is 2.36 bits per heavy atom. The van der Waals surface area contributed by atoms with Crippen LogP contribution in [-0.4, -0.2) is 32.3 Å². The van der Waals surface area contributed by atoms with Gasteiger partial charge in [-0.15, -0.1) is 0 Å². The summed E-state index contributed by atoms with van der Waals surface area (Å²) in [5.41, 5.74) is 2.06. The van der Waals surface area contributed by atoms with Gasteiger partial charge in [-0.3, -0.25) is 4.79 Å². The highest BCUT2D eigenvalue weighted by atomic mass is 35.5.